The van der Waals surface area contributed by atoms with Crippen LogP contribution in [0.5, 0.6) is 0 Å². The van der Waals surface area contributed by atoms with Crippen molar-refractivity contribution in [3.63, 3.8) is 0 Å². The van der Waals surface area contributed by atoms with Crippen molar-refractivity contribution in [1.82, 2.24) is 14.9 Å². The van der Waals surface area contributed by atoms with Crippen molar-refractivity contribution < 1.29 is 4.79 Å². The number of hydrogen-bond donors (Lipinski definition) is 0. The van der Waals surface area contributed by atoms with Gasteiger partial charge >= 0.3 is 0 Å². The maximum Gasteiger partial charge on any atom is 0.232 e. The van der Waals surface area contributed by atoms with Gasteiger partial charge in [0.15, 0.2) is 0 Å². The van der Waals surface area contributed by atoms with Gasteiger partial charge in [0.25, 0.3) is 0 Å². The second kappa shape index (κ2) is 8.49. The molecule has 0 saturated carbocycles. The van der Waals surface area contributed by atoms with Crippen LogP contribution in [0.1, 0.15) is 43.8 Å². The van der Waals surface area contributed by atoms with E-state index in [2.05, 4.69) is 14.9 Å². The first-order chi connectivity index (χ1) is 13.6. The zero-order valence-corrected chi connectivity index (χ0v) is 19.2. The van der Waals surface area contributed by atoms with Crippen molar-refractivity contribution in [2.75, 3.05) is 25.0 Å². The largest absolute Gasteiger partial charge is 0.356 e. The maximum absolute atomic E-state index is 13.3. The van der Waals surface area contributed by atoms with Crippen LogP contribution in [0.25, 0.3) is 0 Å². The van der Waals surface area contributed by atoms with E-state index in [1.165, 1.54) is 0 Å². The first kappa shape index (κ1) is 21.8. The van der Waals surface area contributed by atoms with Crippen LogP contribution in [0.2, 0.25) is 10.0 Å². The molecule has 0 unspecified atom stereocenters. The molecule has 0 radical (unpaired) electrons. The average Bonchev–Trinajstić information content (AvgIpc) is 2.68. The fraction of sp³-hybridized carbons (Fsp3) is 0.500. The van der Waals surface area contributed by atoms with Crippen molar-refractivity contribution in [3.05, 3.63) is 51.4 Å². The van der Waals surface area contributed by atoms with Crippen molar-refractivity contribution in [1.29, 1.82) is 0 Å². The summed E-state index contributed by atoms with van der Waals surface area (Å²) in [4.78, 5) is 26.4. The number of carbonyl (C=O) groups excluding carboxylic acids is 1. The Morgan fingerprint density at radius 3 is 2.34 bits per heavy atom. The summed E-state index contributed by atoms with van der Waals surface area (Å²) in [5.74, 6) is 1.85. The SMILES string of the molecule is Cc1cc(N2CCC(N(C)C(=O)C(C)(C)c3ccc(Cl)c(Cl)c3)CC2)nc(C)n1. The van der Waals surface area contributed by atoms with E-state index in [9.17, 15) is 4.79 Å². The number of piperidine rings is 1. The number of likely N-dealkylation sites (N-methyl/N-ethyl adjacent to an activating group) is 1. The Kier molecular flexibility index (Phi) is 6.39. The van der Waals surface area contributed by atoms with Crippen molar-refractivity contribution in [3.8, 4) is 0 Å². The molecule has 2 aromatic rings. The summed E-state index contributed by atoms with van der Waals surface area (Å²) in [6, 6.07) is 7.64. The lowest BCUT2D eigenvalue weighted by atomic mass is 9.82. The number of halogens is 2. The van der Waals surface area contributed by atoms with Gasteiger partial charge in [0, 0.05) is 37.9 Å². The number of aromatic nitrogens is 2. The Hall–Kier alpha value is -1.85. The molecule has 1 saturated heterocycles. The minimum absolute atomic E-state index is 0.0862. The van der Waals surface area contributed by atoms with E-state index >= 15 is 0 Å². The molecule has 0 spiro atoms. The van der Waals surface area contributed by atoms with Gasteiger partial charge in [-0.2, -0.15) is 0 Å². The van der Waals surface area contributed by atoms with Gasteiger partial charge in [-0.15, -0.1) is 0 Å². The number of amides is 1. The zero-order chi connectivity index (χ0) is 21.3. The van der Waals surface area contributed by atoms with Crippen molar-refractivity contribution >= 4 is 34.9 Å². The number of carbonyl (C=O) groups is 1. The van der Waals surface area contributed by atoms with Crippen LogP contribution in [0.15, 0.2) is 24.3 Å². The highest BCUT2D eigenvalue weighted by Gasteiger charge is 2.36. The Morgan fingerprint density at radius 1 is 1.10 bits per heavy atom. The summed E-state index contributed by atoms with van der Waals surface area (Å²) in [6.45, 7) is 9.51. The summed E-state index contributed by atoms with van der Waals surface area (Å²) in [7, 11) is 1.90. The molecule has 1 fully saturated rings. The number of aryl methyl sites for hydroxylation is 2. The number of rotatable bonds is 4. The smallest absolute Gasteiger partial charge is 0.232 e. The molecule has 7 heteroatoms. The van der Waals surface area contributed by atoms with Crippen molar-refractivity contribution in [2.24, 2.45) is 0 Å². The molecule has 0 bridgehead atoms. The van der Waals surface area contributed by atoms with E-state index in [1.54, 1.807) is 12.1 Å². The molecule has 1 aliphatic rings. The monoisotopic (exact) mass is 434 g/mol. The van der Waals surface area contributed by atoms with Crippen LogP contribution >= 0.6 is 23.2 Å². The van der Waals surface area contributed by atoms with Crippen LogP contribution in [-0.2, 0) is 10.2 Å². The molecule has 3 rings (SSSR count). The molecule has 0 atom stereocenters. The standard InChI is InChI=1S/C22H28Cl2N4O/c1-14-12-20(26-15(2)25-14)28-10-8-17(9-11-28)27(5)21(29)22(3,4)16-6-7-18(23)19(24)13-16/h6-7,12-13,17H,8-11H2,1-5H3. The van der Waals surface area contributed by atoms with E-state index in [0.29, 0.717) is 10.0 Å². The van der Waals surface area contributed by atoms with Crippen LogP contribution in [0.3, 0.4) is 0 Å². The summed E-state index contributed by atoms with van der Waals surface area (Å²) < 4.78 is 0. The molecule has 1 amide bonds. The van der Waals surface area contributed by atoms with Gasteiger partial charge < -0.3 is 9.80 Å². The van der Waals surface area contributed by atoms with Crippen LogP contribution in [-0.4, -0.2) is 47.0 Å². The lowest BCUT2D eigenvalue weighted by Crippen LogP contribution is -2.50. The molecule has 156 valence electrons. The summed E-state index contributed by atoms with van der Waals surface area (Å²) in [5, 5.41) is 0.964. The fourth-order valence-electron chi connectivity index (χ4n) is 3.96. The zero-order valence-electron chi connectivity index (χ0n) is 17.7. The van der Waals surface area contributed by atoms with Gasteiger partial charge in [0.1, 0.15) is 11.6 Å². The molecule has 1 aromatic carbocycles. The molecule has 1 aromatic heterocycles. The maximum atomic E-state index is 13.3. The Balaban J connectivity index is 1.68. The summed E-state index contributed by atoms with van der Waals surface area (Å²) in [6.07, 6.45) is 1.81. The quantitative estimate of drug-likeness (QED) is 0.692. The molecule has 0 N–H and O–H groups in total. The highest BCUT2D eigenvalue weighted by atomic mass is 35.5. The summed E-state index contributed by atoms with van der Waals surface area (Å²) >= 11 is 12.2. The van der Waals surface area contributed by atoms with Gasteiger partial charge in [-0.3, -0.25) is 4.79 Å². The van der Waals surface area contributed by atoms with Crippen LogP contribution in [0, 0.1) is 13.8 Å². The normalized spacial score (nSPS) is 15.5. The van der Waals surface area contributed by atoms with E-state index < -0.39 is 5.41 Å². The van der Waals surface area contributed by atoms with E-state index in [1.807, 2.05) is 51.8 Å². The molecule has 5 nitrogen and oxygen atoms in total. The first-order valence-corrected chi connectivity index (χ1v) is 10.6. The third kappa shape index (κ3) is 4.67. The number of anilines is 1. The van der Waals surface area contributed by atoms with Gasteiger partial charge in [-0.25, -0.2) is 9.97 Å². The predicted octanol–water partition coefficient (Wildman–Crippen LogP) is 4.81. The lowest BCUT2D eigenvalue weighted by Gasteiger charge is -2.40. The summed E-state index contributed by atoms with van der Waals surface area (Å²) in [5.41, 5.74) is 1.17. The highest BCUT2D eigenvalue weighted by molar-refractivity contribution is 6.42. The second-order valence-corrected chi connectivity index (χ2v) is 9.12. The lowest BCUT2D eigenvalue weighted by molar-refractivity contribution is -0.137. The average molecular weight is 435 g/mol. The highest BCUT2D eigenvalue weighted by Crippen LogP contribution is 2.32. The third-order valence-corrected chi connectivity index (χ3v) is 6.52. The number of benzene rings is 1. The number of hydrogen-bond acceptors (Lipinski definition) is 4. The third-order valence-electron chi connectivity index (χ3n) is 5.78. The molecule has 1 aliphatic heterocycles. The van der Waals surface area contributed by atoms with Gasteiger partial charge in [-0.1, -0.05) is 29.3 Å². The molecule has 29 heavy (non-hydrogen) atoms. The van der Waals surface area contributed by atoms with E-state index in [0.717, 1.165) is 48.8 Å². The van der Waals surface area contributed by atoms with Crippen LogP contribution < -0.4 is 4.90 Å². The minimum Gasteiger partial charge on any atom is -0.356 e. The topological polar surface area (TPSA) is 49.3 Å². The van der Waals surface area contributed by atoms with E-state index in [4.69, 9.17) is 23.2 Å². The first-order valence-electron chi connectivity index (χ1n) is 9.89. The van der Waals surface area contributed by atoms with Gasteiger partial charge in [-0.05, 0) is 58.2 Å². The molecular weight excluding hydrogens is 407 g/mol. The van der Waals surface area contributed by atoms with Crippen LogP contribution in [0.4, 0.5) is 5.82 Å². The Bertz CT molecular complexity index is 887. The Morgan fingerprint density at radius 2 is 1.76 bits per heavy atom. The minimum atomic E-state index is -0.680. The molecule has 0 aliphatic carbocycles. The molecule has 2 heterocycles. The van der Waals surface area contributed by atoms with E-state index in [-0.39, 0.29) is 11.9 Å². The number of nitrogens with zero attached hydrogens (tertiary/aromatic N) is 4. The van der Waals surface area contributed by atoms with Crippen molar-refractivity contribution in [2.45, 2.75) is 52.0 Å². The van der Waals surface area contributed by atoms with Gasteiger partial charge in [0.2, 0.25) is 5.91 Å². The predicted molar refractivity (Wildman–Crippen MR) is 119 cm³/mol. The molecular formula is C22H28Cl2N4O. The second-order valence-electron chi connectivity index (χ2n) is 8.30. The fourth-order valence-corrected chi connectivity index (χ4v) is 4.25. The Labute approximate surface area is 183 Å². The van der Waals surface area contributed by atoms with Gasteiger partial charge in [0.05, 0.1) is 15.5 Å².